The number of hydrogen-bond donors (Lipinski definition) is 0. The molecule has 1 saturated heterocycles. The second-order valence-electron chi connectivity index (χ2n) is 6.27. The molecule has 2 heterocycles. The van der Waals surface area contributed by atoms with Crippen molar-refractivity contribution >= 4 is 11.6 Å². The van der Waals surface area contributed by atoms with Gasteiger partial charge in [-0.15, -0.1) is 0 Å². The first-order valence-electron chi connectivity index (χ1n) is 8.19. The average Bonchev–Trinajstić information content (AvgIpc) is 2.99. The molecular formula is C21H15ClO3. The van der Waals surface area contributed by atoms with Crippen molar-refractivity contribution in [3.05, 3.63) is 107 Å². The molecule has 1 fully saturated rings. The van der Waals surface area contributed by atoms with Crippen molar-refractivity contribution in [1.82, 2.24) is 0 Å². The standard InChI is InChI=1S/C21H15ClO3/c22-21-18-14-8-7-13-17(18)19(15-9-3-1-4-10-15)20(23-21,24-25-21)16-11-5-2-6-12-16/h1-14,19H/t19-,20+,21+/m0/s1. The molecule has 0 N–H and O–H groups in total. The first-order valence-corrected chi connectivity index (χ1v) is 8.56. The Balaban J connectivity index is 1.81. The van der Waals surface area contributed by atoms with Gasteiger partial charge in [0.25, 0.3) is 0 Å². The molecule has 3 atom stereocenters. The Morgan fingerprint density at radius 3 is 2.12 bits per heavy atom. The fourth-order valence-electron chi connectivity index (χ4n) is 3.77. The molecule has 0 radical (unpaired) electrons. The number of benzene rings is 3. The van der Waals surface area contributed by atoms with Gasteiger partial charge in [-0.05, 0) is 22.7 Å². The van der Waals surface area contributed by atoms with Crippen molar-refractivity contribution in [2.45, 2.75) is 17.0 Å². The molecule has 3 aromatic rings. The van der Waals surface area contributed by atoms with E-state index in [1.54, 1.807) is 0 Å². The summed E-state index contributed by atoms with van der Waals surface area (Å²) in [6, 6.07) is 27.8. The van der Waals surface area contributed by atoms with Gasteiger partial charge < -0.3 is 0 Å². The van der Waals surface area contributed by atoms with Crippen molar-refractivity contribution in [2.75, 3.05) is 0 Å². The fourth-order valence-corrected chi connectivity index (χ4v) is 4.08. The summed E-state index contributed by atoms with van der Waals surface area (Å²) in [6.45, 7) is 0. The highest BCUT2D eigenvalue weighted by molar-refractivity contribution is 6.22. The SMILES string of the molecule is Cl[C@@]12OO[C@@](c3ccccc3)(O1)[C@@H](c1ccccc1)c1ccccc12. The number of fused-ring (bicyclic) bond motifs is 4. The van der Waals surface area contributed by atoms with Crippen LogP contribution in [0.15, 0.2) is 84.9 Å². The molecule has 0 saturated carbocycles. The van der Waals surface area contributed by atoms with Gasteiger partial charge in [0, 0.05) is 11.1 Å². The quantitative estimate of drug-likeness (QED) is 0.480. The molecule has 0 aromatic heterocycles. The lowest BCUT2D eigenvalue weighted by Crippen LogP contribution is -2.42. The zero-order valence-corrected chi connectivity index (χ0v) is 14.0. The number of rotatable bonds is 2. The molecule has 0 unspecified atom stereocenters. The van der Waals surface area contributed by atoms with E-state index in [1.165, 1.54) is 0 Å². The summed E-state index contributed by atoms with van der Waals surface area (Å²) in [7, 11) is 0. The summed E-state index contributed by atoms with van der Waals surface area (Å²) in [5, 5.41) is -1.45. The zero-order chi connectivity index (χ0) is 16.9. The number of ether oxygens (including phenoxy) is 1. The zero-order valence-electron chi connectivity index (χ0n) is 13.3. The van der Waals surface area contributed by atoms with Crippen LogP contribution in [0.5, 0.6) is 0 Å². The van der Waals surface area contributed by atoms with E-state index >= 15 is 0 Å². The predicted octanol–water partition coefficient (Wildman–Crippen LogP) is 5.01. The van der Waals surface area contributed by atoms with Gasteiger partial charge in [0.2, 0.25) is 5.79 Å². The lowest BCUT2D eigenvalue weighted by Gasteiger charge is -2.40. The molecule has 2 aliphatic heterocycles. The monoisotopic (exact) mass is 350 g/mol. The molecule has 2 bridgehead atoms. The van der Waals surface area contributed by atoms with E-state index in [0.717, 1.165) is 22.3 Å². The van der Waals surface area contributed by atoms with Gasteiger partial charge in [-0.25, -0.2) is 0 Å². The topological polar surface area (TPSA) is 27.7 Å². The summed E-state index contributed by atoms with van der Waals surface area (Å²) < 4.78 is 6.27. The van der Waals surface area contributed by atoms with E-state index in [2.05, 4.69) is 18.2 Å². The molecule has 0 aliphatic carbocycles. The molecule has 124 valence electrons. The molecule has 25 heavy (non-hydrogen) atoms. The van der Waals surface area contributed by atoms with Crippen molar-refractivity contribution in [1.29, 1.82) is 0 Å². The minimum atomic E-state index is -1.45. The summed E-state index contributed by atoms with van der Waals surface area (Å²) in [5.74, 6) is -1.35. The average molecular weight is 351 g/mol. The van der Waals surface area contributed by atoms with Gasteiger partial charge in [-0.3, -0.25) is 4.74 Å². The van der Waals surface area contributed by atoms with Gasteiger partial charge in [-0.2, -0.15) is 9.78 Å². The Hall–Kier alpha value is -2.17. The fraction of sp³-hybridized carbons (Fsp3) is 0.143. The van der Waals surface area contributed by atoms with E-state index in [4.69, 9.17) is 26.1 Å². The third kappa shape index (κ3) is 2.11. The molecule has 2 aliphatic rings. The number of alkyl halides is 1. The smallest absolute Gasteiger partial charge is 0.291 e. The summed E-state index contributed by atoms with van der Waals surface area (Å²) in [5.41, 5.74) is 3.75. The Kier molecular flexibility index (Phi) is 3.27. The van der Waals surface area contributed by atoms with Crippen molar-refractivity contribution < 1.29 is 14.5 Å². The van der Waals surface area contributed by atoms with Crippen LogP contribution >= 0.6 is 11.6 Å². The second-order valence-corrected chi connectivity index (χ2v) is 6.77. The Labute approximate surface area is 150 Å². The van der Waals surface area contributed by atoms with Crippen LogP contribution < -0.4 is 0 Å². The number of hydrogen-bond acceptors (Lipinski definition) is 3. The minimum absolute atomic E-state index is 0.207. The largest absolute Gasteiger partial charge is 0.308 e. The Morgan fingerprint density at radius 1 is 0.720 bits per heavy atom. The highest BCUT2D eigenvalue weighted by Gasteiger charge is 2.64. The van der Waals surface area contributed by atoms with E-state index in [-0.39, 0.29) is 5.92 Å². The minimum Gasteiger partial charge on any atom is -0.291 e. The maximum absolute atomic E-state index is 6.65. The molecular weight excluding hydrogens is 336 g/mol. The lowest BCUT2D eigenvalue weighted by molar-refractivity contribution is -0.343. The van der Waals surface area contributed by atoms with Gasteiger partial charge in [0.1, 0.15) is 0 Å². The van der Waals surface area contributed by atoms with Crippen LogP contribution in [0.2, 0.25) is 0 Å². The Morgan fingerprint density at radius 2 is 1.36 bits per heavy atom. The molecule has 3 nitrogen and oxygen atoms in total. The maximum Gasteiger partial charge on any atom is 0.308 e. The van der Waals surface area contributed by atoms with Crippen LogP contribution in [0.25, 0.3) is 0 Å². The molecule has 3 aromatic carbocycles. The van der Waals surface area contributed by atoms with Crippen LogP contribution in [0.4, 0.5) is 0 Å². The van der Waals surface area contributed by atoms with Crippen LogP contribution in [0, 0.1) is 0 Å². The lowest BCUT2D eigenvalue weighted by atomic mass is 9.77. The van der Waals surface area contributed by atoms with Crippen molar-refractivity contribution in [3.8, 4) is 0 Å². The molecule has 4 heteroatoms. The van der Waals surface area contributed by atoms with Crippen LogP contribution in [-0.4, -0.2) is 0 Å². The molecule has 0 amide bonds. The van der Waals surface area contributed by atoms with E-state index in [9.17, 15) is 0 Å². The second kappa shape index (κ2) is 5.41. The Bertz CT molecular complexity index is 915. The first kappa shape index (κ1) is 15.1. The van der Waals surface area contributed by atoms with E-state index in [1.807, 2.05) is 66.7 Å². The van der Waals surface area contributed by atoms with Gasteiger partial charge >= 0.3 is 5.25 Å². The predicted molar refractivity (Wildman–Crippen MR) is 93.6 cm³/mol. The highest BCUT2D eigenvalue weighted by Crippen LogP contribution is 2.61. The molecule has 5 rings (SSSR count). The van der Waals surface area contributed by atoms with Crippen LogP contribution in [0.1, 0.15) is 28.2 Å². The van der Waals surface area contributed by atoms with Gasteiger partial charge in [-0.1, -0.05) is 84.9 Å². The van der Waals surface area contributed by atoms with Crippen molar-refractivity contribution in [3.63, 3.8) is 0 Å². The summed E-state index contributed by atoms with van der Waals surface area (Å²) >= 11 is 6.65. The highest BCUT2D eigenvalue weighted by atomic mass is 35.5. The van der Waals surface area contributed by atoms with E-state index < -0.39 is 11.0 Å². The van der Waals surface area contributed by atoms with E-state index in [0.29, 0.717) is 0 Å². The van der Waals surface area contributed by atoms with Crippen LogP contribution in [0.3, 0.4) is 0 Å². The van der Waals surface area contributed by atoms with Crippen LogP contribution in [-0.2, 0) is 25.5 Å². The number of halogens is 1. The molecule has 0 spiro atoms. The van der Waals surface area contributed by atoms with Gasteiger partial charge in [0.15, 0.2) is 0 Å². The third-order valence-electron chi connectivity index (χ3n) is 4.84. The summed E-state index contributed by atoms with van der Waals surface area (Å²) in [6.07, 6.45) is 0. The normalized spacial score (nSPS) is 30.0. The summed E-state index contributed by atoms with van der Waals surface area (Å²) in [4.78, 5) is 11.4. The first-order chi connectivity index (χ1) is 12.2. The maximum atomic E-state index is 6.65. The van der Waals surface area contributed by atoms with Gasteiger partial charge in [0.05, 0.1) is 5.92 Å². The third-order valence-corrected chi connectivity index (χ3v) is 5.18. The van der Waals surface area contributed by atoms with Crippen molar-refractivity contribution in [2.24, 2.45) is 0 Å².